The lowest BCUT2D eigenvalue weighted by Gasteiger charge is -2.33. The van der Waals surface area contributed by atoms with E-state index >= 15 is 0 Å². The summed E-state index contributed by atoms with van der Waals surface area (Å²) in [5.74, 6) is 0.518. The minimum atomic E-state index is -0.381. The van der Waals surface area contributed by atoms with Gasteiger partial charge in [0.15, 0.2) is 0 Å². The summed E-state index contributed by atoms with van der Waals surface area (Å²) in [7, 11) is 1.57. The smallest absolute Gasteiger partial charge is 0.271 e. The first-order chi connectivity index (χ1) is 15.4. The van der Waals surface area contributed by atoms with Gasteiger partial charge in [-0.25, -0.2) is 4.39 Å². The van der Waals surface area contributed by atoms with Crippen molar-refractivity contribution in [3.05, 3.63) is 76.3 Å². The van der Waals surface area contributed by atoms with Gasteiger partial charge >= 0.3 is 0 Å². The molecule has 1 fully saturated rings. The highest BCUT2D eigenvalue weighted by atomic mass is 19.1. The van der Waals surface area contributed by atoms with Crippen LogP contribution in [0.4, 0.5) is 15.9 Å². The van der Waals surface area contributed by atoms with Crippen LogP contribution in [0.25, 0.3) is 5.69 Å². The Morgan fingerprint density at radius 3 is 2.69 bits per heavy atom. The average Bonchev–Trinajstić information content (AvgIpc) is 2.80. The summed E-state index contributed by atoms with van der Waals surface area (Å²) in [4.78, 5) is 27.3. The van der Waals surface area contributed by atoms with Crippen molar-refractivity contribution in [3.8, 4) is 11.4 Å². The minimum Gasteiger partial charge on any atom is -0.495 e. The molecule has 1 unspecified atom stereocenters. The lowest BCUT2D eigenvalue weighted by molar-refractivity contribution is -0.120. The topological polar surface area (TPSA) is 76.5 Å². The number of aromatic nitrogens is 2. The Morgan fingerprint density at radius 1 is 1.16 bits per heavy atom. The number of hydrogen-bond donors (Lipinski definition) is 1. The molecule has 1 aliphatic heterocycles. The van der Waals surface area contributed by atoms with Gasteiger partial charge in [0.25, 0.3) is 5.56 Å². The van der Waals surface area contributed by atoms with E-state index in [9.17, 15) is 14.0 Å². The second-order valence-corrected chi connectivity index (χ2v) is 7.90. The average molecular weight is 436 g/mol. The number of piperidine rings is 1. The van der Waals surface area contributed by atoms with E-state index in [1.165, 1.54) is 35.0 Å². The molecule has 0 spiro atoms. The number of amides is 1. The molecule has 1 aliphatic rings. The van der Waals surface area contributed by atoms with E-state index in [-0.39, 0.29) is 23.2 Å². The van der Waals surface area contributed by atoms with Gasteiger partial charge in [-0.05, 0) is 67.8 Å². The number of ether oxygens (including phenoxy) is 1. The highest BCUT2D eigenvalue weighted by molar-refractivity contribution is 5.94. The first-order valence-electron chi connectivity index (χ1n) is 10.5. The number of benzene rings is 2. The normalized spacial score (nSPS) is 16.0. The minimum absolute atomic E-state index is 0.0783. The third-order valence-electron chi connectivity index (χ3n) is 5.59. The maximum atomic E-state index is 13.3. The van der Waals surface area contributed by atoms with Crippen LogP contribution in [0, 0.1) is 18.7 Å². The fourth-order valence-electron chi connectivity index (χ4n) is 3.89. The van der Waals surface area contributed by atoms with Gasteiger partial charge in [-0.2, -0.15) is 4.68 Å². The molecule has 2 heterocycles. The van der Waals surface area contributed by atoms with Crippen LogP contribution in [0.3, 0.4) is 0 Å². The summed E-state index contributed by atoms with van der Waals surface area (Å²) in [6.07, 6.45) is 1.58. The molecular formula is C24H25FN4O3. The van der Waals surface area contributed by atoms with Gasteiger partial charge in [0.05, 0.1) is 24.4 Å². The molecule has 1 aromatic heterocycles. The predicted octanol–water partition coefficient (Wildman–Crippen LogP) is 3.54. The third kappa shape index (κ3) is 4.64. The van der Waals surface area contributed by atoms with Crippen molar-refractivity contribution in [3.63, 3.8) is 0 Å². The van der Waals surface area contributed by atoms with Gasteiger partial charge in [-0.15, -0.1) is 5.10 Å². The summed E-state index contributed by atoms with van der Waals surface area (Å²) < 4.78 is 19.9. The monoisotopic (exact) mass is 436 g/mol. The Morgan fingerprint density at radius 2 is 1.94 bits per heavy atom. The lowest BCUT2D eigenvalue weighted by atomic mass is 9.97. The van der Waals surface area contributed by atoms with Gasteiger partial charge in [0.2, 0.25) is 5.91 Å². The van der Waals surface area contributed by atoms with Crippen LogP contribution >= 0.6 is 0 Å². The molecule has 3 aromatic rings. The Hall–Kier alpha value is -3.68. The molecule has 7 nitrogen and oxygen atoms in total. The number of hydrogen-bond acceptors (Lipinski definition) is 5. The number of halogens is 1. The fourth-order valence-corrected chi connectivity index (χ4v) is 3.89. The van der Waals surface area contributed by atoms with Crippen LogP contribution in [0.15, 0.2) is 59.4 Å². The third-order valence-corrected chi connectivity index (χ3v) is 5.59. The van der Waals surface area contributed by atoms with E-state index in [2.05, 4.69) is 10.4 Å². The Balaban J connectivity index is 1.52. The quantitative estimate of drug-likeness (QED) is 0.662. The number of carbonyl (C=O) groups is 1. The molecule has 166 valence electrons. The van der Waals surface area contributed by atoms with E-state index in [0.29, 0.717) is 29.5 Å². The zero-order valence-electron chi connectivity index (χ0n) is 18.0. The maximum Gasteiger partial charge on any atom is 0.271 e. The standard InChI is InChI=1S/C24H25FN4O3/c1-16-5-10-21(32-2)20(14-16)26-24(31)17-4-3-13-28(15-17)22-11-12-23(30)29(27-22)19-8-6-18(25)7-9-19/h5-12,14,17H,3-4,13,15H2,1-2H3,(H,26,31). The molecule has 1 amide bonds. The second kappa shape index (κ2) is 9.21. The van der Waals surface area contributed by atoms with Crippen molar-refractivity contribution in [1.29, 1.82) is 0 Å². The summed E-state index contributed by atoms with van der Waals surface area (Å²) in [5, 5.41) is 7.46. The van der Waals surface area contributed by atoms with Crippen LogP contribution in [-0.4, -0.2) is 35.9 Å². The summed E-state index contributed by atoms with van der Waals surface area (Å²) in [5.41, 5.74) is 1.85. The van der Waals surface area contributed by atoms with E-state index in [1.54, 1.807) is 13.2 Å². The van der Waals surface area contributed by atoms with Gasteiger partial charge in [-0.3, -0.25) is 9.59 Å². The molecule has 2 aromatic carbocycles. The van der Waals surface area contributed by atoms with Crippen molar-refractivity contribution >= 4 is 17.4 Å². The van der Waals surface area contributed by atoms with Gasteiger partial charge in [0.1, 0.15) is 17.4 Å². The van der Waals surface area contributed by atoms with Crippen LogP contribution in [-0.2, 0) is 4.79 Å². The highest BCUT2D eigenvalue weighted by Gasteiger charge is 2.27. The molecule has 4 rings (SSSR count). The van der Waals surface area contributed by atoms with Crippen molar-refractivity contribution in [2.45, 2.75) is 19.8 Å². The molecule has 1 atom stereocenters. The molecule has 1 N–H and O–H groups in total. The van der Waals surface area contributed by atoms with Crippen LogP contribution in [0.2, 0.25) is 0 Å². The van der Waals surface area contributed by atoms with Crippen molar-refractivity contribution in [2.75, 3.05) is 30.4 Å². The maximum absolute atomic E-state index is 13.3. The number of anilines is 2. The number of methoxy groups -OCH3 is 1. The molecular weight excluding hydrogens is 411 g/mol. The molecule has 0 radical (unpaired) electrons. The fraction of sp³-hybridized carbons (Fsp3) is 0.292. The number of carbonyl (C=O) groups excluding carboxylic acids is 1. The van der Waals surface area contributed by atoms with Crippen molar-refractivity contribution in [1.82, 2.24) is 9.78 Å². The number of nitrogens with zero attached hydrogens (tertiary/aromatic N) is 3. The largest absolute Gasteiger partial charge is 0.495 e. The molecule has 0 bridgehead atoms. The van der Waals surface area contributed by atoms with E-state index in [4.69, 9.17) is 4.74 Å². The second-order valence-electron chi connectivity index (χ2n) is 7.90. The molecule has 32 heavy (non-hydrogen) atoms. The van der Waals surface area contributed by atoms with E-state index in [0.717, 1.165) is 24.9 Å². The molecule has 0 saturated carbocycles. The lowest BCUT2D eigenvalue weighted by Crippen LogP contribution is -2.41. The van der Waals surface area contributed by atoms with E-state index in [1.807, 2.05) is 30.0 Å². The number of aryl methyl sites for hydroxylation is 1. The van der Waals surface area contributed by atoms with Crippen molar-refractivity contribution in [2.24, 2.45) is 5.92 Å². The van der Waals surface area contributed by atoms with Crippen molar-refractivity contribution < 1.29 is 13.9 Å². The predicted molar refractivity (Wildman–Crippen MR) is 121 cm³/mol. The van der Waals surface area contributed by atoms with Crippen LogP contribution in [0.1, 0.15) is 18.4 Å². The highest BCUT2D eigenvalue weighted by Crippen LogP contribution is 2.28. The SMILES string of the molecule is COc1ccc(C)cc1NC(=O)C1CCCN(c2ccc(=O)n(-c3ccc(F)cc3)n2)C1. The number of rotatable bonds is 5. The molecule has 1 saturated heterocycles. The molecule has 8 heteroatoms. The summed E-state index contributed by atoms with van der Waals surface area (Å²) in [6, 6.07) is 14.3. The van der Waals surface area contributed by atoms with Gasteiger partial charge < -0.3 is 15.0 Å². The first kappa shape index (κ1) is 21.5. The summed E-state index contributed by atoms with van der Waals surface area (Å²) >= 11 is 0. The Bertz CT molecular complexity index is 1180. The van der Waals surface area contributed by atoms with Crippen LogP contribution in [0.5, 0.6) is 5.75 Å². The zero-order chi connectivity index (χ0) is 22.7. The Kier molecular flexibility index (Phi) is 6.20. The van der Waals surface area contributed by atoms with E-state index < -0.39 is 0 Å². The Labute approximate surface area is 185 Å². The van der Waals surface area contributed by atoms with Gasteiger partial charge in [-0.1, -0.05) is 6.07 Å². The van der Waals surface area contributed by atoms with Gasteiger partial charge in [0, 0.05) is 19.2 Å². The number of nitrogens with one attached hydrogen (secondary N) is 1. The zero-order valence-corrected chi connectivity index (χ0v) is 18.0. The molecule has 0 aliphatic carbocycles. The van der Waals surface area contributed by atoms with Crippen LogP contribution < -0.4 is 20.5 Å². The first-order valence-corrected chi connectivity index (χ1v) is 10.5. The summed E-state index contributed by atoms with van der Waals surface area (Å²) in [6.45, 7) is 3.17.